The molecule has 1 unspecified atom stereocenters. The van der Waals surface area contributed by atoms with Gasteiger partial charge in [0.25, 0.3) is 0 Å². The normalized spacial score (nSPS) is 15.9. The summed E-state index contributed by atoms with van der Waals surface area (Å²) >= 11 is 5.94. The summed E-state index contributed by atoms with van der Waals surface area (Å²) < 4.78 is 4.90. The Balaban J connectivity index is 1.95. The van der Waals surface area contributed by atoms with Crippen LogP contribution in [0.5, 0.6) is 0 Å². The van der Waals surface area contributed by atoms with Crippen LogP contribution >= 0.6 is 11.6 Å². The van der Waals surface area contributed by atoms with E-state index in [2.05, 4.69) is 15.2 Å². The molecule has 0 bridgehead atoms. The minimum Gasteiger partial charge on any atom is -0.450 e. The van der Waals surface area contributed by atoms with Gasteiger partial charge >= 0.3 is 6.09 Å². The van der Waals surface area contributed by atoms with Gasteiger partial charge in [0, 0.05) is 26.2 Å². The molecular formula is C17H25ClN4O3. The van der Waals surface area contributed by atoms with E-state index in [4.69, 9.17) is 16.3 Å². The number of hydrogen-bond donors (Lipinski definition) is 1. The summed E-state index contributed by atoms with van der Waals surface area (Å²) in [5.41, 5.74) is 0. The first-order valence-corrected chi connectivity index (χ1v) is 8.89. The van der Waals surface area contributed by atoms with Crippen molar-refractivity contribution >= 4 is 29.4 Å². The van der Waals surface area contributed by atoms with Crippen molar-refractivity contribution < 1.29 is 14.3 Å². The van der Waals surface area contributed by atoms with Gasteiger partial charge in [0.2, 0.25) is 5.91 Å². The average molecular weight is 369 g/mol. The largest absolute Gasteiger partial charge is 0.450 e. The molecule has 1 atom stereocenters. The maximum Gasteiger partial charge on any atom is 0.407 e. The molecular weight excluding hydrogens is 344 g/mol. The lowest BCUT2D eigenvalue weighted by Gasteiger charge is -2.37. The molecule has 2 amide bonds. The maximum absolute atomic E-state index is 12.8. The molecule has 1 aliphatic heterocycles. The fourth-order valence-corrected chi connectivity index (χ4v) is 2.90. The predicted molar refractivity (Wildman–Crippen MR) is 96.8 cm³/mol. The van der Waals surface area contributed by atoms with Crippen LogP contribution in [0.15, 0.2) is 18.2 Å². The van der Waals surface area contributed by atoms with Crippen molar-refractivity contribution in [1.82, 2.24) is 15.2 Å². The standard InChI is InChI=1S/C17H25ClN4O3/c1-4-25-17(24)20-15(12(2)3)16(23)22-10-8-21(9-11-22)14-7-5-6-13(18)19-14/h5-7,12,15H,4,8-11H2,1-3H3,(H,20,24). The van der Waals surface area contributed by atoms with Gasteiger partial charge in [0.1, 0.15) is 17.0 Å². The number of piperazine rings is 1. The minimum atomic E-state index is -0.588. The van der Waals surface area contributed by atoms with E-state index in [9.17, 15) is 9.59 Å². The number of ether oxygens (including phenoxy) is 1. The van der Waals surface area contributed by atoms with Crippen molar-refractivity contribution in [3.63, 3.8) is 0 Å². The Morgan fingerprint density at radius 3 is 2.52 bits per heavy atom. The summed E-state index contributed by atoms with van der Waals surface area (Å²) in [6.45, 7) is 8.29. The highest BCUT2D eigenvalue weighted by molar-refractivity contribution is 6.29. The summed E-state index contributed by atoms with van der Waals surface area (Å²) in [5.74, 6) is 0.705. The summed E-state index contributed by atoms with van der Waals surface area (Å²) in [6, 6.07) is 4.91. The lowest BCUT2D eigenvalue weighted by atomic mass is 10.0. The molecule has 0 aromatic carbocycles. The molecule has 1 fully saturated rings. The van der Waals surface area contributed by atoms with Crippen LogP contribution in [0.3, 0.4) is 0 Å². The zero-order valence-electron chi connectivity index (χ0n) is 14.9. The summed E-state index contributed by atoms with van der Waals surface area (Å²) in [7, 11) is 0. The van der Waals surface area contributed by atoms with E-state index >= 15 is 0 Å². The Labute approximate surface area is 153 Å². The zero-order valence-corrected chi connectivity index (χ0v) is 15.6. The van der Waals surface area contributed by atoms with Gasteiger partial charge in [-0.2, -0.15) is 0 Å². The molecule has 1 aromatic heterocycles. The first kappa shape index (κ1) is 19.3. The van der Waals surface area contributed by atoms with Crippen molar-refractivity contribution in [3.05, 3.63) is 23.4 Å². The number of carbonyl (C=O) groups is 2. The van der Waals surface area contributed by atoms with Gasteiger partial charge in [0.15, 0.2) is 0 Å². The van der Waals surface area contributed by atoms with E-state index < -0.39 is 12.1 Å². The monoisotopic (exact) mass is 368 g/mol. The number of alkyl carbamates (subject to hydrolysis) is 1. The fraction of sp³-hybridized carbons (Fsp3) is 0.588. The Bertz CT molecular complexity index is 603. The van der Waals surface area contributed by atoms with Crippen LogP contribution in [0.1, 0.15) is 20.8 Å². The molecule has 0 spiro atoms. The van der Waals surface area contributed by atoms with Crippen LogP contribution in [0.2, 0.25) is 5.15 Å². The van der Waals surface area contributed by atoms with Crippen molar-refractivity contribution in [1.29, 1.82) is 0 Å². The van der Waals surface area contributed by atoms with E-state index in [-0.39, 0.29) is 18.4 Å². The molecule has 25 heavy (non-hydrogen) atoms. The van der Waals surface area contributed by atoms with Gasteiger partial charge in [-0.3, -0.25) is 4.79 Å². The van der Waals surface area contributed by atoms with Crippen molar-refractivity contribution in [2.24, 2.45) is 5.92 Å². The third-order valence-electron chi connectivity index (χ3n) is 4.10. The van der Waals surface area contributed by atoms with Crippen LogP contribution in [0, 0.1) is 5.92 Å². The first-order chi connectivity index (χ1) is 11.9. The molecule has 1 N–H and O–H groups in total. The number of aromatic nitrogens is 1. The second-order valence-electron chi connectivity index (χ2n) is 6.22. The van der Waals surface area contributed by atoms with Crippen LogP contribution < -0.4 is 10.2 Å². The molecule has 0 saturated carbocycles. The predicted octanol–water partition coefficient (Wildman–Crippen LogP) is 2.15. The number of nitrogens with zero attached hydrogens (tertiary/aromatic N) is 3. The highest BCUT2D eigenvalue weighted by Gasteiger charge is 2.31. The first-order valence-electron chi connectivity index (χ1n) is 8.52. The van der Waals surface area contributed by atoms with Gasteiger partial charge in [-0.15, -0.1) is 0 Å². The summed E-state index contributed by atoms with van der Waals surface area (Å²) in [5, 5.41) is 3.12. The topological polar surface area (TPSA) is 74.8 Å². The summed E-state index contributed by atoms with van der Waals surface area (Å²) in [6.07, 6.45) is -0.559. The quantitative estimate of drug-likeness (QED) is 0.806. The molecule has 0 radical (unpaired) electrons. The number of hydrogen-bond acceptors (Lipinski definition) is 5. The molecule has 2 heterocycles. The van der Waals surface area contributed by atoms with Gasteiger partial charge < -0.3 is 19.9 Å². The van der Waals surface area contributed by atoms with Crippen LogP contribution in [0.4, 0.5) is 10.6 Å². The van der Waals surface area contributed by atoms with Crippen LogP contribution in [0.25, 0.3) is 0 Å². The van der Waals surface area contributed by atoms with Crippen molar-refractivity contribution in [3.8, 4) is 0 Å². The Kier molecular flexibility index (Phi) is 6.87. The van der Waals surface area contributed by atoms with E-state index in [1.165, 1.54) is 0 Å². The van der Waals surface area contributed by atoms with Gasteiger partial charge in [-0.25, -0.2) is 9.78 Å². The number of anilines is 1. The Morgan fingerprint density at radius 2 is 1.96 bits per heavy atom. The SMILES string of the molecule is CCOC(=O)NC(C(=O)N1CCN(c2cccc(Cl)n2)CC1)C(C)C. The van der Waals surface area contributed by atoms with Gasteiger partial charge in [-0.1, -0.05) is 31.5 Å². The van der Waals surface area contributed by atoms with Gasteiger partial charge in [-0.05, 0) is 25.0 Å². The van der Waals surface area contributed by atoms with Crippen LogP contribution in [-0.4, -0.2) is 60.7 Å². The zero-order chi connectivity index (χ0) is 18.4. The summed E-state index contributed by atoms with van der Waals surface area (Å²) in [4.78, 5) is 32.6. The number of amides is 2. The molecule has 7 nitrogen and oxygen atoms in total. The molecule has 138 valence electrons. The number of carbonyl (C=O) groups excluding carboxylic acids is 2. The van der Waals surface area contributed by atoms with Crippen LogP contribution in [-0.2, 0) is 9.53 Å². The number of pyridine rings is 1. The highest BCUT2D eigenvalue weighted by Crippen LogP contribution is 2.17. The molecule has 8 heteroatoms. The Hall–Kier alpha value is -2.02. The highest BCUT2D eigenvalue weighted by atomic mass is 35.5. The van der Waals surface area contributed by atoms with Gasteiger partial charge in [0.05, 0.1) is 6.61 Å². The van der Waals surface area contributed by atoms with E-state index in [0.29, 0.717) is 31.3 Å². The third-order valence-corrected chi connectivity index (χ3v) is 4.31. The Morgan fingerprint density at radius 1 is 1.28 bits per heavy atom. The molecule has 2 rings (SSSR count). The molecule has 1 aromatic rings. The van der Waals surface area contributed by atoms with E-state index in [1.807, 2.05) is 26.0 Å². The smallest absolute Gasteiger partial charge is 0.407 e. The maximum atomic E-state index is 12.8. The number of halogens is 1. The third kappa shape index (κ3) is 5.22. The van der Waals surface area contributed by atoms with Crippen molar-refractivity contribution in [2.75, 3.05) is 37.7 Å². The second-order valence-corrected chi connectivity index (χ2v) is 6.60. The number of nitrogens with one attached hydrogen (secondary N) is 1. The van der Waals surface area contributed by atoms with E-state index in [1.54, 1.807) is 17.9 Å². The lowest BCUT2D eigenvalue weighted by Crippen LogP contribution is -2.56. The fourth-order valence-electron chi connectivity index (χ4n) is 2.74. The van der Waals surface area contributed by atoms with E-state index in [0.717, 1.165) is 5.82 Å². The average Bonchev–Trinajstić information content (AvgIpc) is 2.59. The molecule has 1 aliphatic rings. The molecule has 1 saturated heterocycles. The minimum absolute atomic E-state index is 0.0236. The number of rotatable bonds is 5. The lowest BCUT2D eigenvalue weighted by molar-refractivity contribution is -0.134. The van der Waals surface area contributed by atoms with Crippen molar-refractivity contribution in [2.45, 2.75) is 26.8 Å². The molecule has 0 aliphatic carbocycles. The second kappa shape index (κ2) is 8.89.